The molecule has 1 fully saturated rings. The minimum atomic E-state index is 0.137. The lowest BCUT2D eigenvalue weighted by Crippen LogP contribution is -2.10. The van der Waals surface area contributed by atoms with Gasteiger partial charge in [-0.15, -0.1) is 0 Å². The first kappa shape index (κ1) is 10.5. The Morgan fingerprint density at radius 3 is 2.71 bits per heavy atom. The normalized spacial score (nSPS) is 18.2. The molecular weight excluding hydrogens is 261 g/mol. The number of hydrogen-bond donors (Lipinski definition) is 1. The summed E-state index contributed by atoms with van der Waals surface area (Å²) in [4.78, 5) is 0. The molecule has 0 radical (unpaired) electrons. The molecule has 0 heterocycles. The van der Waals surface area contributed by atoms with Gasteiger partial charge in [-0.25, -0.2) is 0 Å². The number of rotatable bonds is 3. The lowest BCUT2D eigenvalue weighted by Gasteiger charge is -2.12. The zero-order valence-corrected chi connectivity index (χ0v) is 10.2. The summed E-state index contributed by atoms with van der Waals surface area (Å²) in [5, 5.41) is 0.751. The van der Waals surface area contributed by atoms with Crippen LogP contribution in [0.5, 0.6) is 0 Å². The first-order valence-electron chi connectivity index (χ1n) is 4.87. The molecule has 0 unspecified atom stereocenters. The van der Waals surface area contributed by atoms with Gasteiger partial charge in [-0.05, 0) is 36.1 Å². The first-order valence-corrected chi connectivity index (χ1v) is 6.04. The second-order valence-corrected chi connectivity index (χ2v) is 5.34. The van der Waals surface area contributed by atoms with Gasteiger partial charge in [0.15, 0.2) is 0 Å². The van der Waals surface area contributed by atoms with E-state index in [0.29, 0.717) is 0 Å². The summed E-state index contributed by atoms with van der Waals surface area (Å²) >= 11 is 9.38. The summed E-state index contributed by atoms with van der Waals surface area (Å²) < 4.78 is 1.01. The van der Waals surface area contributed by atoms with Crippen LogP contribution in [0.2, 0.25) is 5.02 Å². The van der Waals surface area contributed by atoms with Crippen LogP contribution in [-0.2, 0) is 0 Å². The molecule has 76 valence electrons. The second kappa shape index (κ2) is 4.21. The molecule has 2 N–H and O–H groups in total. The fourth-order valence-electron chi connectivity index (χ4n) is 1.64. The molecule has 0 saturated heterocycles. The summed E-state index contributed by atoms with van der Waals surface area (Å²) in [7, 11) is 0. The third kappa shape index (κ3) is 2.72. The topological polar surface area (TPSA) is 26.0 Å². The van der Waals surface area contributed by atoms with Crippen LogP contribution in [0.4, 0.5) is 0 Å². The van der Waals surface area contributed by atoms with Crippen molar-refractivity contribution in [2.75, 3.05) is 0 Å². The van der Waals surface area contributed by atoms with Crippen molar-refractivity contribution in [2.45, 2.75) is 25.3 Å². The van der Waals surface area contributed by atoms with Crippen molar-refractivity contribution >= 4 is 27.5 Å². The fraction of sp³-hybridized carbons (Fsp3) is 0.455. The molecule has 1 aromatic rings. The molecule has 1 aliphatic carbocycles. The quantitative estimate of drug-likeness (QED) is 0.889. The van der Waals surface area contributed by atoms with Gasteiger partial charge in [-0.2, -0.15) is 0 Å². The molecule has 1 atom stereocenters. The largest absolute Gasteiger partial charge is 0.324 e. The Morgan fingerprint density at radius 2 is 2.14 bits per heavy atom. The summed E-state index contributed by atoms with van der Waals surface area (Å²) in [5.41, 5.74) is 7.23. The van der Waals surface area contributed by atoms with Crippen LogP contribution in [0.1, 0.15) is 30.9 Å². The van der Waals surface area contributed by atoms with Gasteiger partial charge in [0.05, 0.1) is 0 Å². The Hall–Kier alpha value is -0.0500. The Bertz CT molecular complexity index is 316. The van der Waals surface area contributed by atoms with Crippen LogP contribution in [0.3, 0.4) is 0 Å². The first-order chi connectivity index (χ1) is 6.65. The molecule has 2 rings (SSSR count). The van der Waals surface area contributed by atoms with Crippen LogP contribution < -0.4 is 5.73 Å². The Labute approximate surface area is 97.8 Å². The van der Waals surface area contributed by atoms with E-state index in [-0.39, 0.29) is 6.04 Å². The standard InChI is InChI=1S/C11H13BrClN/c12-9-4-8(5-10(13)6-9)11(14)3-7-1-2-7/h4-7,11H,1-3,14H2/t11-/m0/s1. The molecule has 1 saturated carbocycles. The maximum Gasteiger partial charge on any atom is 0.0420 e. The fourth-order valence-corrected chi connectivity index (χ4v) is 2.52. The maximum absolute atomic E-state index is 6.09. The van der Waals surface area contributed by atoms with Crippen LogP contribution in [0.15, 0.2) is 22.7 Å². The van der Waals surface area contributed by atoms with Crippen molar-refractivity contribution in [1.82, 2.24) is 0 Å². The van der Waals surface area contributed by atoms with Gasteiger partial charge in [0.1, 0.15) is 0 Å². The van der Waals surface area contributed by atoms with E-state index in [4.69, 9.17) is 17.3 Å². The minimum absolute atomic E-state index is 0.137. The SMILES string of the molecule is N[C@@H](CC1CC1)c1cc(Cl)cc(Br)c1. The van der Waals surface area contributed by atoms with E-state index >= 15 is 0 Å². The Balaban J connectivity index is 2.12. The highest BCUT2D eigenvalue weighted by Gasteiger charge is 2.24. The molecule has 0 spiro atoms. The molecule has 3 heteroatoms. The van der Waals surface area contributed by atoms with Gasteiger partial charge in [0.2, 0.25) is 0 Å². The highest BCUT2D eigenvalue weighted by atomic mass is 79.9. The van der Waals surface area contributed by atoms with Crippen molar-refractivity contribution in [2.24, 2.45) is 11.7 Å². The van der Waals surface area contributed by atoms with Crippen molar-refractivity contribution in [3.05, 3.63) is 33.3 Å². The van der Waals surface area contributed by atoms with Crippen LogP contribution >= 0.6 is 27.5 Å². The summed E-state index contributed by atoms with van der Waals surface area (Å²) in [6.07, 6.45) is 3.78. The smallest absolute Gasteiger partial charge is 0.0420 e. The average molecular weight is 275 g/mol. The van der Waals surface area contributed by atoms with E-state index in [2.05, 4.69) is 22.0 Å². The molecule has 1 aromatic carbocycles. The van der Waals surface area contributed by atoms with E-state index in [9.17, 15) is 0 Å². The lowest BCUT2D eigenvalue weighted by atomic mass is 10.0. The zero-order valence-electron chi connectivity index (χ0n) is 7.84. The number of nitrogens with two attached hydrogens (primary N) is 1. The summed E-state index contributed by atoms with van der Waals surface area (Å²) in [5.74, 6) is 0.850. The average Bonchev–Trinajstić information content (AvgIpc) is 2.86. The molecular formula is C11H13BrClN. The van der Waals surface area contributed by atoms with Gasteiger partial charge < -0.3 is 5.73 Å². The lowest BCUT2D eigenvalue weighted by molar-refractivity contribution is 0.597. The monoisotopic (exact) mass is 273 g/mol. The van der Waals surface area contributed by atoms with E-state index in [1.165, 1.54) is 12.8 Å². The van der Waals surface area contributed by atoms with Crippen molar-refractivity contribution in [1.29, 1.82) is 0 Å². The number of benzene rings is 1. The molecule has 0 aromatic heterocycles. The Kier molecular flexibility index (Phi) is 3.15. The van der Waals surface area contributed by atoms with E-state index < -0.39 is 0 Å². The molecule has 1 nitrogen and oxygen atoms in total. The second-order valence-electron chi connectivity index (χ2n) is 3.99. The predicted molar refractivity (Wildman–Crippen MR) is 63.4 cm³/mol. The molecule has 1 aliphatic rings. The third-order valence-electron chi connectivity index (χ3n) is 2.60. The predicted octanol–water partition coefficient (Wildman–Crippen LogP) is 3.90. The Morgan fingerprint density at radius 1 is 1.43 bits per heavy atom. The molecule has 0 amide bonds. The summed E-state index contributed by atoms with van der Waals surface area (Å²) in [6.45, 7) is 0. The van der Waals surface area contributed by atoms with Gasteiger partial charge in [0.25, 0.3) is 0 Å². The highest BCUT2D eigenvalue weighted by molar-refractivity contribution is 9.10. The van der Waals surface area contributed by atoms with Gasteiger partial charge in [0, 0.05) is 15.5 Å². The van der Waals surface area contributed by atoms with Crippen LogP contribution in [0.25, 0.3) is 0 Å². The highest BCUT2D eigenvalue weighted by Crippen LogP contribution is 2.37. The van der Waals surface area contributed by atoms with E-state index in [0.717, 1.165) is 27.4 Å². The number of hydrogen-bond acceptors (Lipinski definition) is 1. The van der Waals surface area contributed by atoms with Gasteiger partial charge in [-0.1, -0.05) is 40.4 Å². The van der Waals surface area contributed by atoms with Crippen molar-refractivity contribution < 1.29 is 0 Å². The number of halogens is 2. The van der Waals surface area contributed by atoms with Gasteiger partial charge in [-0.3, -0.25) is 0 Å². The van der Waals surface area contributed by atoms with Gasteiger partial charge >= 0.3 is 0 Å². The maximum atomic E-state index is 6.09. The van der Waals surface area contributed by atoms with Crippen LogP contribution in [-0.4, -0.2) is 0 Å². The van der Waals surface area contributed by atoms with Crippen molar-refractivity contribution in [3.8, 4) is 0 Å². The van der Waals surface area contributed by atoms with E-state index in [1.54, 1.807) is 0 Å². The van der Waals surface area contributed by atoms with Crippen LogP contribution in [0, 0.1) is 5.92 Å². The van der Waals surface area contributed by atoms with Crippen molar-refractivity contribution in [3.63, 3.8) is 0 Å². The van der Waals surface area contributed by atoms with E-state index in [1.807, 2.05) is 12.1 Å². The zero-order chi connectivity index (χ0) is 10.1. The molecule has 0 bridgehead atoms. The minimum Gasteiger partial charge on any atom is -0.324 e. The summed E-state index contributed by atoms with van der Waals surface area (Å²) in [6, 6.07) is 6.03. The molecule has 14 heavy (non-hydrogen) atoms. The third-order valence-corrected chi connectivity index (χ3v) is 3.27. The molecule has 0 aliphatic heterocycles.